The van der Waals surface area contributed by atoms with Crippen LogP contribution in [0.3, 0.4) is 0 Å². The van der Waals surface area contributed by atoms with E-state index in [4.69, 9.17) is 0 Å². The lowest BCUT2D eigenvalue weighted by molar-refractivity contribution is -0.137. The highest BCUT2D eigenvalue weighted by atomic mass is 19.2. The predicted octanol–water partition coefficient (Wildman–Crippen LogP) is 2.35. The highest BCUT2D eigenvalue weighted by Gasteiger charge is 2.55. The molecular weight excluding hydrogens is 372 g/mol. The molecule has 1 aromatic carbocycles. The van der Waals surface area contributed by atoms with Gasteiger partial charge in [-0.15, -0.1) is 0 Å². The zero-order valence-electron chi connectivity index (χ0n) is 15.2. The molecule has 2 aromatic rings. The molecule has 2 N–H and O–H groups in total. The summed E-state index contributed by atoms with van der Waals surface area (Å²) in [5, 5.41) is 20.8. The molecule has 1 aromatic heterocycles. The van der Waals surface area contributed by atoms with Crippen molar-refractivity contribution in [3.05, 3.63) is 40.4 Å². The third-order valence-electron chi connectivity index (χ3n) is 6.41. The van der Waals surface area contributed by atoms with Gasteiger partial charge in [0.25, 0.3) is 5.56 Å². The molecule has 0 radical (unpaired) electrons. The van der Waals surface area contributed by atoms with Gasteiger partial charge < -0.3 is 15.1 Å². The van der Waals surface area contributed by atoms with E-state index >= 15 is 0 Å². The highest BCUT2D eigenvalue weighted by molar-refractivity contribution is 5.77. The Bertz CT molecular complexity index is 1000. The minimum Gasteiger partial charge on any atom is -0.465 e. The average Bonchev–Trinajstić information content (AvgIpc) is 3.12. The third-order valence-corrected chi connectivity index (χ3v) is 6.41. The van der Waals surface area contributed by atoms with Crippen molar-refractivity contribution in [1.29, 1.82) is 0 Å². The van der Waals surface area contributed by atoms with E-state index in [0.29, 0.717) is 12.8 Å². The van der Waals surface area contributed by atoms with Crippen molar-refractivity contribution < 1.29 is 23.8 Å². The molecule has 4 rings (SSSR count). The summed E-state index contributed by atoms with van der Waals surface area (Å²) in [4.78, 5) is 29.6. The molecule has 1 amide bonds. The molecule has 28 heavy (non-hydrogen) atoms. The number of piperidine rings is 1. The minimum atomic E-state index is -1.28. The zero-order chi connectivity index (χ0) is 20.1. The number of likely N-dealkylation sites (tertiary alicyclic amines) is 1. The Kier molecular flexibility index (Phi) is 4.37. The first kappa shape index (κ1) is 18.8. The quantitative estimate of drug-likeness (QED) is 0.817. The number of hydrogen-bond donors (Lipinski definition) is 2. The zero-order valence-corrected chi connectivity index (χ0v) is 15.2. The maximum Gasteiger partial charge on any atom is 0.407 e. The van der Waals surface area contributed by atoms with Crippen LogP contribution in [-0.4, -0.2) is 49.4 Å². The van der Waals surface area contributed by atoms with Gasteiger partial charge in [-0.2, -0.15) is 0 Å². The molecule has 1 saturated carbocycles. The van der Waals surface area contributed by atoms with Gasteiger partial charge in [-0.05, 0) is 25.3 Å². The summed E-state index contributed by atoms with van der Waals surface area (Å²) < 4.78 is 28.2. The van der Waals surface area contributed by atoms with E-state index in [0.717, 1.165) is 25.0 Å². The second kappa shape index (κ2) is 6.51. The first-order valence-corrected chi connectivity index (χ1v) is 9.29. The number of carbonyl (C=O) groups is 1. The van der Waals surface area contributed by atoms with Gasteiger partial charge in [0.2, 0.25) is 0 Å². The van der Waals surface area contributed by atoms with Crippen molar-refractivity contribution in [2.24, 2.45) is 5.41 Å². The molecule has 0 bridgehead atoms. The molecule has 1 unspecified atom stereocenters. The summed E-state index contributed by atoms with van der Waals surface area (Å²) in [5.74, 6) is -2.22. The monoisotopic (exact) mass is 393 g/mol. The van der Waals surface area contributed by atoms with Crippen LogP contribution in [0.15, 0.2) is 23.3 Å². The third kappa shape index (κ3) is 2.85. The van der Waals surface area contributed by atoms with Crippen LogP contribution in [0.25, 0.3) is 10.9 Å². The molecular formula is C19H21F2N3O4. The number of aromatic nitrogens is 2. The molecule has 9 heteroatoms. The first-order chi connectivity index (χ1) is 13.2. The fourth-order valence-corrected chi connectivity index (χ4v) is 4.81. The van der Waals surface area contributed by atoms with Crippen LogP contribution in [0.1, 0.15) is 32.1 Å². The van der Waals surface area contributed by atoms with Gasteiger partial charge in [0, 0.05) is 24.6 Å². The van der Waals surface area contributed by atoms with Gasteiger partial charge in [-0.25, -0.2) is 18.6 Å². The Morgan fingerprint density at radius 2 is 1.86 bits per heavy atom. The van der Waals surface area contributed by atoms with E-state index in [1.807, 2.05) is 0 Å². The maximum absolute atomic E-state index is 13.6. The summed E-state index contributed by atoms with van der Waals surface area (Å²) in [6.45, 7) is 0.318. The van der Waals surface area contributed by atoms with Crippen LogP contribution < -0.4 is 5.56 Å². The molecule has 1 atom stereocenters. The second-order valence-corrected chi connectivity index (χ2v) is 7.93. The lowest BCUT2D eigenvalue weighted by atomic mass is 9.66. The van der Waals surface area contributed by atoms with Crippen LogP contribution in [0, 0.1) is 17.0 Å². The van der Waals surface area contributed by atoms with Crippen LogP contribution in [0.4, 0.5) is 13.6 Å². The Balaban J connectivity index is 1.73. The van der Waals surface area contributed by atoms with Crippen LogP contribution in [0.2, 0.25) is 0 Å². The molecule has 2 heterocycles. The topological polar surface area (TPSA) is 95.7 Å². The largest absolute Gasteiger partial charge is 0.465 e. The number of carboxylic acid groups (broad SMARTS) is 1. The number of nitrogens with zero attached hydrogens (tertiary/aromatic N) is 3. The van der Waals surface area contributed by atoms with Crippen LogP contribution in [-0.2, 0) is 6.54 Å². The Morgan fingerprint density at radius 1 is 1.18 bits per heavy atom. The smallest absolute Gasteiger partial charge is 0.407 e. The van der Waals surface area contributed by atoms with E-state index in [2.05, 4.69) is 4.98 Å². The molecule has 1 saturated heterocycles. The van der Waals surface area contributed by atoms with E-state index in [9.17, 15) is 28.6 Å². The second-order valence-electron chi connectivity index (χ2n) is 7.93. The van der Waals surface area contributed by atoms with E-state index < -0.39 is 34.3 Å². The van der Waals surface area contributed by atoms with Gasteiger partial charge in [0.1, 0.15) is 0 Å². The Labute approximate surface area is 159 Å². The molecule has 2 aliphatic rings. The van der Waals surface area contributed by atoms with Gasteiger partial charge in [0.15, 0.2) is 11.6 Å². The summed E-state index contributed by atoms with van der Waals surface area (Å²) in [6.07, 6.45) is 3.51. The van der Waals surface area contributed by atoms with E-state index in [1.54, 1.807) is 0 Å². The van der Waals surface area contributed by atoms with Crippen molar-refractivity contribution in [3.63, 3.8) is 0 Å². The summed E-state index contributed by atoms with van der Waals surface area (Å²) in [5.41, 5.74) is -2.44. The standard InChI is InChI=1S/C19H21F2N3O4/c20-13-7-12-15(8-14(13)21)22-11-24(16(12)25)10-19(28)5-6-23(17(26)27)9-18(19)3-1-2-4-18/h7-8,11,28H,1-6,9-10H2,(H,26,27). The Hall–Kier alpha value is -2.55. The summed E-state index contributed by atoms with van der Waals surface area (Å²) in [7, 11) is 0. The van der Waals surface area contributed by atoms with E-state index in [1.165, 1.54) is 15.8 Å². The van der Waals surface area contributed by atoms with Crippen LogP contribution >= 0.6 is 0 Å². The van der Waals surface area contributed by atoms with E-state index in [-0.39, 0.29) is 37.0 Å². The normalized spacial score (nSPS) is 24.2. The average molecular weight is 393 g/mol. The first-order valence-electron chi connectivity index (χ1n) is 9.29. The number of fused-ring (bicyclic) bond motifs is 1. The van der Waals surface area contributed by atoms with Gasteiger partial charge in [-0.1, -0.05) is 12.8 Å². The fraction of sp³-hybridized carbons (Fsp3) is 0.526. The predicted molar refractivity (Wildman–Crippen MR) is 96.0 cm³/mol. The maximum atomic E-state index is 13.6. The van der Waals surface area contributed by atoms with Crippen LogP contribution in [0.5, 0.6) is 0 Å². The molecule has 2 fully saturated rings. The molecule has 7 nitrogen and oxygen atoms in total. The molecule has 150 valence electrons. The number of amides is 1. The number of hydrogen-bond acceptors (Lipinski definition) is 4. The lowest BCUT2D eigenvalue weighted by Crippen LogP contribution is -2.62. The fourth-order valence-electron chi connectivity index (χ4n) is 4.81. The van der Waals surface area contributed by atoms with Crippen molar-refractivity contribution in [1.82, 2.24) is 14.5 Å². The van der Waals surface area contributed by atoms with Crippen molar-refractivity contribution in [2.75, 3.05) is 13.1 Å². The van der Waals surface area contributed by atoms with Crippen molar-refractivity contribution >= 4 is 17.0 Å². The summed E-state index contributed by atoms with van der Waals surface area (Å²) >= 11 is 0. The lowest BCUT2D eigenvalue weighted by Gasteiger charge is -2.51. The highest BCUT2D eigenvalue weighted by Crippen LogP contribution is 2.51. The number of halogens is 2. The number of aliphatic hydroxyl groups is 1. The minimum absolute atomic E-state index is 0.0448. The van der Waals surface area contributed by atoms with Gasteiger partial charge in [-0.3, -0.25) is 9.36 Å². The molecule has 1 aliphatic heterocycles. The number of rotatable bonds is 2. The summed E-state index contributed by atoms with van der Waals surface area (Å²) in [6, 6.07) is 1.69. The SMILES string of the molecule is O=C(O)N1CCC(O)(Cn2cnc3cc(F)c(F)cc3c2=O)C2(CCCC2)C1. The van der Waals surface area contributed by atoms with Gasteiger partial charge in [0.05, 0.1) is 29.4 Å². The molecule has 1 aliphatic carbocycles. The molecule has 1 spiro atoms. The van der Waals surface area contributed by atoms with Gasteiger partial charge >= 0.3 is 6.09 Å². The van der Waals surface area contributed by atoms with Crippen molar-refractivity contribution in [3.8, 4) is 0 Å². The van der Waals surface area contributed by atoms with Crippen molar-refractivity contribution in [2.45, 2.75) is 44.2 Å². The number of benzene rings is 1. The Morgan fingerprint density at radius 3 is 2.54 bits per heavy atom.